The molecule has 26 heavy (non-hydrogen) atoms. The third-order valence-corrected chi connectivity index (χ3v) is 4.37. The smallest absolute Gasteiger partial charge is 0.229 e. The zero-order chi connectivity index (χ0) is 18.9. The lowest BCUT2D eigenvalue weighted by Crippen LogP contribution is -2.35. The summed E-state index contributed by atoms with van der Waals surface area (Å²) in [7, 11) is 0. The topological polar surface area (TPSA) is 94.4 Å². The number of hydrogen-bond acceptors (Lipinski definition) is 6. The summed E-state index contributed by atoms with van der Waals surface area (Å²) in [5.74, 6) is 0.243. The molecule has 3 N–H and O–H groups in total. The Labute approximate surface area is 157 Å². The molecule has 1 aromatic carbocycles. The quantitative estimate of drug-likeness (QED) is 0.628. The molecular weight excluding hydrogens is 350 g/mol. The van der Waals surface area contributed by atoms with E-state index in [1.165, 1.54) is 11.3 Å². The molecule has 0 aliphatic rings. The maximum Gasteiger partial charge on any atom is 0.229 e. The van der Waals surface area contributed by atoms with Crippen molar-refractivity contribution in [2.24, 2.45) is 0 Å². The fourth-order valence-corrected chi connectivity index (χ4v) is 2.92. The van der Waals surface area contributed by atoms with Gasteiger partial charge in [0.2, 0.25) is 5.91 Å². The lowest BCUT2D eigenvalue weighted by molar-refractivity contribution is -0.115. The number of aliphatic hydroxyl groups is 1. The number of thiophene rings is 1. The van der Waals surface area contributed by atoms with Gasteiger partial charge in [0.1, 0.15) is 24.5 Å². The lowest BCUT2D eigenvalue weighted by atomic mass is 10.2. The average molecular weight is 373 g/mol. The molecule has 0 spiro atoms. The zero-order valence-corrected chi connectivity index (χ0v) is 15.7. The summed E-state index contributed by atoms with van der Waals surface area (Å²) in [5, 5.41) is 27.0. The molecule has 0 aliphatic heterocycles. The second-order valence-electron chi connectivity index (χ2n) is 6.15. The number of anilines is 1. The number of nitrogens with one attached hydrogen (secondary N) is 2. The molecule has 1 aromatic heterocycles. The van der Waals surface area contributed by atoms with Gasteiger partial charge >= 0.3 is 0 Å². The highest BCUT2D eigenvalue weighted by molar-refractivity contribution is 7.10. The third-order valence-electron chi connectivity index (χ3n) is 3.49. The van der Waals surface area contributed by atoms with Gasteiger partial charge in [0.15, 0.2) is 0 Å². The van der Waals surface area contributed by atoms with Crippen LogP contribution in [-0.2, 0) is 11.2 Å². The van der Waals surface area contributed by atoms with Crippen LogP contribution in [0.3, 0.4) is 0 Å². The van der Waals surface area contributed by atoms with Gasteiger partial charge in [-0.15, -0.1) is 11.3 Å². The Morgan fingerprint density at radius 2 is 2.19 bits per heavy atom. The molecule has 6 nitrogen and oxygen atoms in total. The van der Waals surface area contributed by atoms with Crippen molar-refractivity contribution in [3.63, 3.8) is 0 Å². The van der Waals surface area contributed by atoms with Crippen LogP contribution in [0.2, 0.25) is 0 Å². The second kappa shape index (κ2) is 9.92. The fourth-order valence-electron chi connectivity index (χ4n) is 2.21. The molecular formula is C19H23N3O3S. The van der Waals surface area contributed by atoms with E-state index in [0.29, 0.717) is 30.0 Å². The number of amides is 1. The summed E-state index contributed by atoms with van der Waals surface area (Å²) < 4.78 is 5.54. The maximum atomic E-state index is 12.0. The van der Waals surface area contributed by atoms with E-state index in [2.05, 4.69) is 16.7 Å². The Bertz CT molecular complexity index is 754. The first-order valence-corrected chi connectivity index (χ1v) is 9.26. The average Bonchev–Trinajstić information content (AvgIpc) is 3.11. The van der Waals surface area contributed by atoms with Gasteiger partial charge in [-0.1, -0.05) is 19.9 Å². The van der Waals surface area contributed by atoms with Crippen LogP contribution < -0.4 is 15.4 Å². The van der Waals surface area contributed by atoms with Gasteiger partial charge < -0.3 is 20.5 Å². The van der Waals surface area contributed by atoms with Gasteiger partial charge in [-0.25, -0.2) is 0 Å². The second-order valence-corrected chi connectivity index (χ2v) is 7.19. The van der Waals surface area contributed by atoms with Crippen LogP contribution in [0.1, 0.15) is 24.3 Å². The molecule has 2 aromatic rings. The van der Waals surface area contributed by atoms with Crippen molar-refractivity contribution < 1.29 is 14.6 Å². The van der Waals surface area contributed by atoms with Crippen molar-refractivity contribution in [3.05, 3.63) is 46.2 Å². The normalized spacial score (nSPS) is 11.8. The first kappa shape index (κ1) is 19.9. The number of benzene rings is 1. The van der Waals surface area contributed by atoms with Crippen molar-refractivity contribution >= 4 is 22.9 Å². The molecule has 1 atom stereocenters. The molecule has 0 aliphatic carbocycles. The van der Waals surface area contributed by atoms with E-state index >= 15 is 0 Å². The van der Waals surface area contributed by atoms with E-state index in [4.69, 9.17) is 4.74 Å². The zero-order valence-electron chi connectivity index (χ0n) is 14.9. The molecule has 0 saturated heterocycles. The maximum absolute atomic E-state index is 12.0. The highest BCUT2D eigenvalue weighted by Crippen LogP contribution is 2.22. The molecule has 1 unspecified atom stereocenters. The van der Waals surface area contributed by atoms with E-state index in [1.54, 1.807) is 18.2 Å². The van der Waals surface area contributed by atoms with Gasteiger partial charge in [-0.05, 0) is 29.6 Å². The number of nitrogens with zero attached hydrogens (tertiary/aromatic N) is 1. The van der Waals surface area contributed by atoms with Gasteiger partial charge in [-0.2, -0.15) is 5.26 Å². The summed E-state index contributed by atoms with van der Waals surface area (Å²) >= 11 is 1.52. The van der Waals surface area contributed by atoms with Gasteiger partial charge in [0, 0.05) is 23.2 Å². The van der Waals surface area contributed by atoms with Crippen LogP contribution in [0.25, 0.3) is 0 Å². The number of nitriles is 1. The highest BCUT2D eigenvalue weighted by Gasteiger charge is 2.11. The number of rotatable bonds is 9. The lowest BCUT2D eigenvalue weighted by Gasteiger charge is -2.16. The Balaban J connectivity index is 1.92. The molecule has 0 saturated carbocycles. The largest absolute Gasteiger partial charge is 0.489 e. The monoisotopic (exact) mass is 373 g/mol. The molecule has 2 rings (SSSR count). The van der Waals surface area contributed by atoms with Gasteiger partial charge in [-0.3, -0.25) is 4.79 Å². The third kappa shape index (κ3) is 6.48. The molecule has 0 bridgehead atoms. The van der Waals surface area contributed by atoms with Crippen molar-refractivity contribution in [3.8, 4) is 11.8 Å². The molecule has 0 fully saturated rings. The van der Waals surface area contributed by atoms with Gasteiger partial charge in [0.25, 0.3) is 0 Å². The van der Waals surface area contributed by atoms with Crippen LogP contribution in [-0.4, -0.2) is 36.3 Å². The highest BCUT2D eigenvalue weighted by atomic mass is 32.1. The molecule has 138 valence electrons. The van der Waals surface area contributed by atoms with Crippen LogP contribution in [0.5, 0.6) is 5.75 Å². The van der Waals surface area contributed by atoms with Crippen molar-refractivity contribution in [2.45, 2.75) is 32.4 Å². The number of carbonyl (C=O) groups excluding carboxylic acids is 1. The number of hydrogen-bond donors (Lipinski definition) is 3. The predicted molar refractivity (Wildman–Crippen MR) is 102 cm³/mol. The Morgan fingerprint density at radius 3 is 2.85 bits per heavy atom. The Hall–Kier alpha value is -2.40. The Morgan fingerprint density at radius 1 is 1.38 bits per heavy atom. The van der Waals surface area contributed by atoms with E-state index < -0.39 is 6.10 Å². The number of ether oxygens (including phenoxy) is 1. The number of aliphatic hydroxyl groups excluding tert-OH is 1. The summed E-state index contributed by atoms with van der Waals surface area (Å²) in [6.45, 7) is 4.48. The van der Waals surface area contributed by atoms with E-state index in [-0.39, 0.29) is 18.6 Å². The van der Waals surface area contributed by atoms with Crippen LogP contribution in [0, 0.1) is 11.3 Å². The molecule has 1 heterocycles. The SMILES string of the molecule is CC(C)NCC(O)COc1ccc(NC(=O)Cc2cccs2)cc1C#N. The fraction of sp³-hybridized carbons (Fsp3) is 0.368. The summed E-state index contributed by atoms with van der Waals surface area (Å²) in [6.07, 6.45) is -0.374. The minimum absolute atomic E-state index is 0.0818. The standard InChI is InChI=1S/C19H23N3O3S/c1-13(2)21-11-16(23)12-25-18-6-5-15(8-14(18)10-20)22-19(24)9-17-4-3-7-26-17/h3-8,13,16,21,23H,9,11-12H2,1-2H3,(H,22,24). The summed E-state index contributed by atoms with van der Waals surface area (Å²) in [6, 6.07) is 11.0. The van der Waals surface area contributed by atoms with E-state index in [0.717, 1.165) is 4.88 Å². The van der Waals surface area contributed by atoms with Crippen molar-refractivity contribution in [1.82, 2.24) is 5.32 Å². The summed E-state index contributed by atoms with van der Waals surface area (Å²) in [4.78, 5) is 13.0. The summed E-state index contributed by atoms with van der Waals surface area (Å²) in [5.41, 5.74) is 0.848. The predicted octanol–water partition coefficient (Wildman–Crippen LogP) is 2.54. The number of carbonyl (C=O) groups is 1. The molecule has 0 radical (unpaired) electrons. The van der Waals surface area contributed by atoms with Crippen molar-refractivity contribution in [1.29, 1.82) is 5.26 Å². The van der Waals surface area contributed by atoms with Crippen molar-refractivity contribution in [2.75, 3.05) is 18.5 Å². The molecule has 1 amide bonds. The van der Waals surface area contributed by atoms with Gasteiger partial charge in [0.05, 0.1) is 12.0 Å². The minimum atomic E-state index is -0.672. The van der Waals surface area contributed by atoms with E-state index in [9.17, 15) is 15.2 Å². The minimum Gasteiger partial charge on any atom is -0.489 e. The molecule has 7 heteroatoms. The first-order valence-electron chi connectivity index (χ1n) is 8.38. The van der Waals surface area contributed by atoms with Crippen LogP contribution in [0.15, 0.2) is 35.7 Å². The van der Waals surface area contributed by atoms with E-state index in [1.807, 2.05) is 31.4 Å². The first-order chi connectivity index (χ1) is 12.5. The van der Waals surface area contributed by atoms with Crippen LogP contribution in [0.4, 0.5) is 5.69 Å². The Kier molecular flexibility index (Phi) is 7.60. The van der Waals surface area contributed by atoms with Crippen LogP contribution >= 0.6 is 11.3 Å².